The van der Waals surface area contributed by atoms with Crippen LogP contribution in [0, 0.1) is 0 Å². The van der Waals surface area contributed by atoms with Crippen molar-refractivity contribution in [2.24, 2.45) is 0 Å². The van der Waals surface area contributed by atoms with Crippen molar-refractivity contribution in [2.45, 2.75) is 13.0 Å². The third kappa shape index (κ3) is 5.14. The molecule has 0 saturated heterocycles. The average molecular weight is 312 g/mol. The average Bonchev–Trinajstić information content (AvgIpc) is 2.60. The van der Waals surface area contributed by atoms with Gasteiger partial charge in [-0.3, -0.25) is 4.79 Å². The molecule has 2 N–H and O–H groups in total. The molecule has 0 aliphatic rings. The van der Waals surface area contributed by atoms with E-state index < -0.39 is 12.0 Å². The number of ether oxygens (including phenoxy) is 1. The first kappa shape index (κ1) is 16.5. The summed E-state index contributed by atoms with van der Waals surface area (Å²) in [4.78, 5) is 23.4. The Morgan fingerprint density at radius 3 is 1.96 bits per heavy atom. The summed E-state index contributed by atoms with van der Waals surface area (Å²) in [7, 11) is 0. The third-order valence-corrected chi connectivity index (χ3v) is 3.24. The number of benzene rings is 2. The topological polar surface area (TPSA) is 67.4 Å². The molecule has 0 spiro atoms. The van der Waals surface area contributed by atoms with E-state index in [1.165, 1.54) is 0 Å². The van der Waals surface area contributed by atoms with E-state index in [0.29, 0.717) is 6.61 Å². The number of hydrogen-bond acceptors (Lipinski definition) is 3. The molecule has 0 fully saturated rings. The Morgan fingerprint density at radius 2 is 1.48 bits per heavy atom. The fourth-order valence-corrected chi connectivity index (χ4v) is 2.20. The van der Waals surface area contributed by atoms with Crippen molar-refractivity contribution < 1.29 is 14.3 Å². The Hall–Kier alpha value is -2.82. The Labute approximate surface area is 135 Å². The molecule has 0 radical (unpaired) electrons. The lowest BCUT2D eigenvalue weighted by Gasteiger charge is -2.20. The summed E-state index contributed by atoms with van der Waals surface area (Å²) in [5.41, 5.74) is 1.93. The maximum absolute atomic E-state index is 12.1. The molecule has 23 heavy (non-hydrogen) atoms. The number of carbonyl (C=O) groups excluding carboxylic acids is 2. The van der Waals surface area contributed by atoms with Gasteiger partial charge in [0.15, 0.2) is 0 Å². The molecule has 0 atom stereocenters. The zero-order chi connectivity index (χ0) is 16.5. The van der Waals surface area contributed by atoms with Gasteiger partial charge >= 0.3 is 12.0 Å². The summed E-state index contributed by atoms with van der Waals surface area (Å²) in [6, 6.07) is 18.6. The van der Waals surface area contributed by atoms with Gasteiger partial charge in [-0.05, 0) is 18.1 Å². The van der Waals surface area contributed by atoms with Crippen LogP contribution >= 0.6 is 0 Å². The molecule has 2 aromatic rings. The summed E-state index contributed by atoms with van der Waals surface area (Å²) in [6.45, 7) is 1.85. The number of hydrogen-bond donors (Lipinski definition) is 2. The Morgan fingerprint density at radius 1 is 0.957 bits per heavy atom. The molecule has 5 nitrogen and oxygen atoms in total. The van der Waals surface area contributed by atoms with Crippen LogP contribution in [0.1, 0.15) is 24.1 Å². The van der Waals surface area contributed by atoms with Crippen LogP contribution in [-0.2, 0) is 9.53 Å². The second-order valence-electron chi connectivity index (χ2n) is 4.89. The van der Waals surface area contributed by atoms with Crippen molar-refractivity contribution in [1.29, 1.82) is 0 Å². The molecule has 0 aromatic heterocycles. The van der Waals surface area contributed by atoms with E-state index in [-0.39, 0.29) is 12.6 Å². The molecule has 5 heteroatoms. The molecular formula is C18H20N2O3. The first-order valence-electron chi connectivity index (χ1n) is 7.50. The maximum Gasteiger partial charge on any atom is 0.325 e. The van der Waals surface area contributed by atoms with Gasteiger partial charge < -0.3 is 15.4 Å². The highest BCUT2D eigenvalue weighted by molar-refractivity contribution is 5.81. The van der Waals surface area contributed by atoms with Crippen LogP contribution in [0.5, 0.6) is 0 Å². The van der Waals surface area contributed by atoms with Gasteiger partial charge in [0, 0.05) is 0 Å². The Bertz CT molecular complexity index is 590. The van der Waals surface area contributed by atoms with Crippen LogP contribution in [-0.4, -0.2) is 25.2 Å². The number of rotatable bonds is 6. The third-order valence-electron chi connectivity index (χ3n) is 3.24. The summed E-state index contributed by atoms with van der Waals surface area (Å²) in [5, 5.41) is 5.40. The summed E-state index contributed by atoms with van der Waals surface area (Å²) < 4.78 is 4.79. The van der Waals surface area contributed by atoms with Gasteiger partial charge in [-0.15, -0.1) is 0 Å². The molecule has 0 aliphatic carbocycles. The van der Waals surface area contributed by atoms with Crippen LogP contribution < -0.4 is 10.6 Å². The predicted octanol–water partition coefficient (Wildman–Crippen LogP) is 2.64. The minimum atomic E-state index is -0.460. The second-order valence-corrected chi connectivity index (χ2v) is 4.89. The lowest BCUT2D eigenvalue weighted by molar-refractivity contribution is -0.141. The first-order valence-corrected chi connectivity index (χ1v) is 7.50. The van der Waals surface area contributed by atoms with Gasteiger partial charge in [-0.1, -0.05) is 60.7 Å². The molecule has 2 amide bonds. The first-order chi connectivity index (χ1) is 11.2. The summed E-state index contributed by atoms with van der Waals surface area (Å²) >= 11 is 0. The number of carbonyl (C=O) groups is 2. The smallest absolute Gasteiger partial charge is 0.325 e. The lowest BCUT2D eigenvalue weighted by Crippen LogP contribution is -2.41. The van der Waals surface area contributed by atoms with Crippen molar-refractivity contribution in [3.8, 4) is 0 Å². The molecule has 0 saturated carbocycles. The Balaban J connectivity index is 2.07. The van der Waals surface area contributed by atoms with Crippen LogP contribution in [0.15, 0.2) is 60.7 Å². The van der Waals surface area contributed by atoms with Crippen LogP contribution in [0.25, 0.3) is 0 Å². The normalized spacial score (nSPS) is 10.2. The molecule has 2 rings (SSSR count). The van der Waals surface area contributed by atoms with Crippen molar-refractivity contribution >= 4 is 12.0 Å². The summed E-state index contributed by atoms with van der Waals surface area (Å²) in [6.07, 6.45) is 0. The highest BCUT2D eigenvalue weighted by atomic mass is 16.5. The summed E-state index contributed by atoms with van der Waals surface area (Å²) in [5.74, 6) is -0.460. The second kappa shape index (κ2) is 8.58. The van der Waals surface area contributed by atoms with Gasteiger partial charge in [0.05, 0.1) is 12.6 Å². The molecular weight excluding hydrogens is 292 g/mol. The van der Waals surface area contributed by atoms with Gasteiger partial charge in [-0.25, -0.2) is 4.79 Å². The molecule has 0 aliphatic heterocycles. The fourth-order valence-electron chi connectivity index (χ4n) is 2.20. The van der Waals surface area contributed by atoms with Gasteiger partial charge in [0.2, 0.25) is 0 Å². The standard InChI is InChI=1S/C18H20N2O3/c1-2-23-16(21)13-19-18(22)20-17(14-9-5-3-6-10-14)15-11-7-4-8-12-15/h3-12,17H,2,13H2,1H3,(H2,19,20,22). The van der Waals surface area contributed by atoms with Crippen LogP contribution in [0.4, 0.5) is 4.79 Å². The minimum absolute atomic E-state index is 0.157. The number of nitrogens with one attached hydrogen (secondary N) is 2. The predicted molar refractivity (Wildman–Crippen MR) is 87.9 cm³/mol. The molecule has 0 heterocycles. The largest absolute Gasteiger partial charge is 0.465 e. The van der Waals surface area contributed by atoms with Gasteiger partial charge in [-0.2, -0.15) is 0 Å². The number of esters is 1. The van der Waals surface area contributed by atoms with Crippen molar-refractivity contribution in [3.05, 3.63) is 71.8 Å². The molecule has 2 aromatic carbocycles. The Kier molecular flexibility index (Phi) is 6.17. The van der Waals surface area contributed by atoms with E-state index in [1.807, 2.05) is 60.7 Å². The zero-order valence-corrected chi connectivity index (χ0v) is 13.0. The molecule has 0 bridgehead atoms. The van der Waals surface area contributed by atoms with E-state index in [0.717, 1.165) is 11.1 Å². The van der Waals surface area contributed by atoms with Crippen molar-refractivity contribution in [1.82, 2.24) is 10.6 Å². The SMILES string of the molecule is CCOC(=O)CNC(=O)NC(c1ccccc1)c1ccccc1. The number of urea groups is 1. The zero-order valence-electron chi connectivity index (χ0n) is 13.0. The van der Waals surface area contributed by atoms with E-state index in [4.69, 9.17) is 4.74 Å². The minimum Gasteiger partial charge on any atom is -0.465 e. The quantitative estimate of drug-likeness (QED) is 0.806. The van der Waals surface area contributed by atoms with E-state index in [9.17, 15) is 9.59 Å². The van der Waals surface area contributed by atoms with Crippen molar-refractivity contribution in [3.63, 3.8) is 0 Å². The molecule has 120 valence electrons. The van der Waals surface area contributed by atoms with Crippen LogP contribution in [0.2, 0.25) is 0 Å². The van der Waals surface area contributed by atoms with E-state index >= 15 is 0 Å². The highest BCUT2D eigenvalue weighted by Crippen LogP contribution is 2.21. The maximum atomic E-state index is 12.1. The van der Waals surface area contributed by atoms with Crippen molar-refractivity contribution in [2.75, 3.05) is 13.2 Å². The lowest BCUT2D eigenvalue weighted by atomic mass is 9.99. The van der Waals surface area contributed by atoms with E-state index in [1.54, 1.807) is 6.92 Å². The monoisotopic (exact) mass is 312 g/mol. The van der Waals surface area contributed by atoms with E-state index in [2.05, 4.69) is 10.6 Å². The highest BCUT2D eigenvalue weighted by Gasteiger charge is 2.16. The number of amides is 2. The van der Waals surface area contributed by atoms with Gasteiger partial charge in [0.1, 0.15) is 6.54 Å². The van der Waals surface area contributed by atoms with Crippen LogP contribution in [0.3, 0.4) is 0 Å². The fraction of sp³-hybridized carbons (Fsp3) is 0.222. The van der Waals surface area contributed by atoms with Gasteiger partial charge in [0.25, 0.3) is 0 Å². The molecule has 0 unspecified atom stereocenters.